The number of amides is 1. The molecule has 0 radical (unpaired) electrons. The third-order valence-corrected chi connectivity index (χ3v) is 5.40. The minimum atomic E-state index is -1.00. The van der Waals surface area contributed by atoms with Crippen molar-refractivity contribution in [3.63, 3.8) is 0 Å². The number of hydrogen-bond donors (Lipinski definition) is 4. The van der Waals surface area contributed by atoms with Gasteiger partial charge < -0.3 is 25.6 Å². The molecule has 11 heteroatoms. The number of fused-ring (bicyclic) bond motifs is 1. The highest BCUT2D eigenvalue weighted by Crippen LogP contribution is 2.37. The lowest BCUT2D eigenvalue weighted by atomic mass is 9.95. The molecule has 0 aromatic carbocycles. The monoisotopic (exact) mass is 443 g/mol. The molecule has 0 saturated heterocycles. The fraction of sp³-hybridized carbons (Fsp3) is 0.429. The molecule has 10 nitrogen and oxygen atoms in total. The van der Waals surface area contributed by atoms with E-state index in [4.69, 9.17) is 0 Å². The number of alkyl halides is 1. The Hall–Kier alpha value is -3.47. The Morgan fingerprint density at radius 3 is 2.81 bits per heavy atom. The Kier molecular flexibility index (Phi) is 5.59. The number of hydrogen-bond acceptors (Lipinski definition) is 7. The van der Waals surface area contributed by atoms with E-state index in [9.17, 15) is 19.1 Å². The van der Waals surface area contributed by atoms with Crippen LogP contribution in [0.4, 0.5) is 21.7 Å². The van der Waals surface area contributed by atoms with E-state index in [0.29, 0.717) is 23.7 Å². The Labute approximate surface area is 183 Å². The number of rotatable bonds is 8. The van der Waals surface area contributed by atoms with Crippen LogP contribution in [0.1, 0.15) is 36.7 Å². The maximum atomic E-state index is 13.5. The van der Waals surface area contributed by atoms with Gasteiger partial charge in [0, 0.05) is 44.3 Å². The molecule has 1 unspecified atom stereocenters. The Morgan fingerprint density at radius 2 is 2.16 bits per heavy atom. The van der Waals surface area contributed by atoms with Crippen LogP contribution in [0.2, 0.25) is 0 Å². The summed E-state index contributed by atoms with van der Waals surface area (Å²) in [5.41, 5.74) is -0.0187. The molecule has 0 bridgehead atoms. The van der Waals surface area contributed by atoms with Gasteiger partial charge in [-0.1, -0.05) is 13.8 Å². The Balaban J connectivity index is 1.66. The number of pyridine rings is 1. The van der Waals surface area contributed by atoms with Crippen LogP contribution in [0.5, 0.6) is 0 Å². The first kappa shape index (κ1) is 21.8. The average molecular weight is 443 g/mol. The number of aromatic nitrogens is 4. The highest BCUT2D eigenvalue weighted by Gasteiger charge is 2.39. The summed E-state index contributed by atoms with van der Waals surface area (Å²) in [7, 11) is 1.70. The highest BCUT2D eigenvalue weighted by atomic mass is 19.1. The van der Waals surface area contributed by atoms with Gasteiger partial charge in [0.05, 0.1) is 12.2 Å². The van der Waals surface area contributed by atoms with Crippen LogP contribution in [0.25, 0.3) is 5.65 Å². The molecule has 3 aromatic heterocycles. The molecule has 4 rings (SSSR count). The number of anilines is 3. The van der Waals surface area contributed by atoms with Gasteiger partial charge in [-0.3, -0.25) is 9.59 Å². The lowest BCUT2D eigenvalue weighted by molar-refractivity contribution is 0.0912. The van der Waals surface area contributed by atoms with Crippen LogP contribution in [-0.2, 0) is 0 Å². The zero-order chi connectivity index (χ0) is 23.0. The fourth-order valence-electron chi connectivity index (χ4n) is 3.28. The lowest BCUT2D eigenvalue weighted by Gasteiger charge is -2.21. The summed E-state index contributed by atoms with van der Waals surface area (Å²) >= 11 is 0. The molecule has 2 atom stereocenters. The van der Waals surface area contributed by atoms with Crippen molar-refractivity contribution >= 4 is 28.9 Å². The minimum absolute atomic E-state index is 0.0725. The molecular weight excluding hydrogens is 417 g/mol. The second kappa shape index (κ2) is 8.23. The number of aliphatic hydroxyl groups excluding tert-OH is 1. The molecule has 3 heterocycles. The molecule has 1 aliphatic carbocycles. The summed E-state index contributed by atoms with van der Waals surface area (Å²) in [6.07, 6.45) is 2.31. The van der Waals surface area contributed by atoms with Gasteiger partial charge in [-0.25, -0.2) is 9.37 Å². The van der Waals surface area contributed by atoms with Crippen molar-refractivity contribution in [2.75, 3.05) is 30.8 Å². The Bertz CT molecular complexity index is 1220. The van der Waals surface area contributed by atoms with E-state index in [0.717, 1.165) is 0 Å². The summed E-state index contributed by atoms with van der Waals surface area (Å²) in [5.74, 6) is 0.502. The number of halogens is 1. The molecule has 0 spiro atoms. The van der Waals surface area contributed by atoms with Crippen molar-refractivity contribution in [3.05, 3.63) is 46.5 Å². The molecule has 1 saturated carbocycles. The molecule has 1 aliphatic rings. The van der Waals surface area contributed by atoms with Gasteiger partial charge in [-0.15, -0.1) is 0 Å². The number of carbonyl (C=O) groups is 1. The second-order valence-electron chi connectivity index (χ2n) is 8.65. The average Bonchev–Trinajstić information content (AvgIpc) is 3.34. The van der Waals surface area contributed by atoms with Crippen LogP contribution >= 0.6 is 0 Å². The van der Waals surface area contributed by atoms with Crippen molar-refractivity contribution < 1.29 is 14.3 Å². The van der Waals surface area contributed by atoms with Gasteiger partial charge >= 0.3 is 0 Å². The minimum Gasteiger partial charge on any atom is -0.396 e. The van der Waals surface area contributed by atoms with Gasteiger partial charge in [0.2, 0.25) is 0 Å². The zero-order valence-electron chi connectivity index (χ0n) is 18.1. The van der Waals surface area contributed by atoms with E-state index in [1.54, 1.807) is 31.4 Å². The normalized spacial score (nSPS) is 17.9. The van der Waals surface area contributed by atoms with E-state index >= 15 is 0 Å². The molecule has 170 valence electrons. The third kappa shape index (κ3) is 4.15. The molecular formula is C21H26FN7O3. The topological polar surface area (TPSA) is 126 Å². The molecule has 4 N–H and O–H groups in total. The number of nitrogens with one attached hydrogen (secondary N) is 3. The van der Waals surface area contributed by atoms with E-state index in [2.05, 4.69) is 26.0 Å². The van der Waals surface area contributed by atoms with Crippen molar-refractivity contribution in [2.45, 2.75) is 32.5 Å². The lowest BCUT2D eigenvalue weighted by Crippen LogP contribution is -2.36. The number of aliphatic hydroxyl groups is 1. The molecule has 1 fully saturated rings. The predicted molar refractivity (Wildman–Crippen MR) is 118 cm³/mol. The largest absolute Gasteiger partial charge is 0.396 e. The van der Waals surface area contributed by atoms with E-state index in [-0.39, 0.29) is 35.9 Å². The first-order chi connectivity index (χ1) is 15.2. The third-order valence-electron chi connectivity index (χ3n) is 5.40. The van der Waals surface area contributed by atoms with Gasteiger partial charge in [-0.05, 0) is 12.1 Å². The molecule has 1 amide bonds. The first-order valence-electron chi connectivity index (χ1n) is 10.3. The molecule has 32 heavy (non-hydrogen) atoms. The van der Waals surface area contributed by atoms with Crippen molar-refractivity contribution in [2.24, 2.45) is 5.41 Å². The first-order valence-corrected chi connectivity index (χ1v) is 10.3. The van der Waals surface area contributed by atoms with Gasteiger partial charge in [0.15, 0.2) is 5.65 Å². The van der Waals surface area contributed by atoms with Crippen molar-refractivity contribution in [1.82, 2.24) is 24.5 Å². The summed E-state index contributed by atoms with van der Waals surface area (Å²) < 4.78 is 16.3. The van der Waals surface area contributed by atoms with E-state index in [1.165, 1.54) is 15.3 Å². The summed E-state index contributed by atoms with van der Waals surface area (Å²) in [5, 5.41) is 22.4. The Morgan fingerprint density at radius 1 is 1.41 bits per heavy atom. The van der Waals surface area contributed by atoms with Gasteiger partial charge in [0.25, 0.3) is 11.5 Å². The standard InChI is InChI=1S/C21H26FN7O3/c1-21(2,11-30)10-24-19(31)12-9-25-29-17(23-3)8-16(27-18(12)29)26-14-5-4-6-28(20(14)32)15-7-13(15)22/h4-6,8-9,13,15,23,30H,7,10-11H2,1-3H3,(H,24,31)(H,26,27)/t13-,15?/m1/s1. The quantitative estimate of drug-likeness (QED) is 0.418. The van der Waals surface area contributed by atoms with Gasteiger partial charge in [-0.2, -0.15) is 9.61 Å². The van der Waals surface area contributed by atoms with Crippen molar-refractivity contribution in [3.8, 4) is 0 Å². The van der Waals surface area contributed by atoms with Crippen LogP contribution in [-0.4, -0.2) is 56.5 Å². The predicted octanol–water partition coefficient (Wildman–Crippen LogP) is 1.71. The number of carbonyl (C=O) groups excluding carboxylic acids is 1. The van der Waals surface area contributed by atoms with Gasteiger partial charge in [0.1, 0.15) is 29.1 Å². The SMILES string of the molecule is CNc1cc(Nc2cccn(C3C[C@H]3F)c2=O)nc2c(C(=O)NCC(C)(C)CO)cnn12. The maximum absolute atomic E-state index is 13.5. The summed E-state index contributed by atoms with van der Waals surface area (Å²) in [6, 6.07) is 4.50. The summed E-state index contributed by atoms with van der Waals surface area (Å²) in [6.45, 7) is 3.87. The van der Waals surface area contributed by atoms with Crippen molar-refractivity contribution in [1.29, 1.82) is 0 Å². The fourth-order valence-corrected chi connectivity index (χ4v) is 3.28. The maximum Gasteiger partial charge on any atom is 0.274 e. The highest BCUT2D eigenvalue weighted by molar-refractivity contribution is 6.00. The molecule has 3 aromatic rings. The van der Waals surface area contributed by atoms with Crippen LogP contribution in [0.15, 0.2) is 35.4 Å². The van der Waals surface area contributed by atoms with Crippen LogP contribution < -0.4 is 21.5 Å². The van der Waals surface area contributed by atoms with E-state index < -0.39 is 17.6 Å². The smallest absolute Gasteiger partial charge is 0.274 e. The molecule has 0 aliphatic heterocycles. The zero-order valence-corrected chi connectivity index (χ0v) is 18.1. The summed E-state index contributed by atoms with van der Waals surface area (Å²) in [4.78, 5) is 30.0. The van der Waals surface area contributed by atoms with E-state index in [1.807, 2.05) is 13.8 Å². The van der Waals surface area contributed by atoms with Crippen LogP contribution in [0, 0.1) is 5.41 Å². The number of nitrogens with zero attached hydrogens (tertiary/aromatic N) is 4. The van der Waals surface area contributed by atoms with Crippen LogP contribution in [0.3, 0.4) is 0 Å². The second-order valence-corrected chi connectivity index (χ2v) is 8.65.